The topological polar surface area (TPSA) is 115 Å². The number of rotatable bonds is 6. The van der Waals surface area contributed by atoms with E-state index in [1.807, 2.05) is 0 Å². The highest BCUT2D eigenvalue weighted by molar-refractivity contribution is 5.91. The monoisotopic (exact) mass is 249 g/mol. The van der Waals surface area contributed by atoms with E-state index in [0.29, 0.717) is 31.7 Å². The largest absolute Gasteiger partial charge is 0.350 e. The van der Waals surface area contributed by atoms with Crippen molar-refractivity contribution in [1.82, 2.24) is 30.3 Å². The van der Waals surface area contributed by atoms with E-state index in [0.717, 1.165) is 5.69 Å². The second kappa shape index (κ2) is 5.92. The summed E-state index contributed by atoms with van der Waals surface area (Å²) in [4.78, 5) is 18.6. The van der Waals surface area contributed by atoms with Crippen LogP contribution in [0.2, 0.25) is 0 Å². The lowest BCUT2D eigenvalue weighted by molar-refractivity contribution is 0.0949. The Morgan fingerprint density at radius 2 is 2.44 bits per heavy atom. The number of carbonyl (C=O) groups excluding carboxylic acids is 1. The summed E-state index contributed by atoms with van der Waals surface area (Å²) in [6.07, 6.45) is 5.61. The van der Waals surface area contributed by atoms with E-state index in [2.05, 4.69) is 25.6 Å². The van der Waals surface area contributed by atoms with Gasteiger partial charge in [0.1, 0.15) is 0 Å². The molecular formula is C10H15N7O. The van der Waals surface area contributed by atoms with E-state index in [1.54, 1.807) is 23.4 Å². The lowest BCUT2D eigenvalue weighted by Gasteiger charge is -2.00. The molecule has 0 saturated carbocycles. The van der Waals surface area contributed by atoms with Crippen LogP contribution in [0.25, 0.3) is 0 Å². The number of hydrogen-bond acceptors (Lipinski definition) is 5. The zero-order valence-electron chi connectivity index (χ0n) is 9.83. The quantitative estimate of drug-likeness (QED) is 0.603. The number of nitrogens with two attached hydrogens (primary N) is 1. The van der Waals surface area contributed by atoms with Gasteiger partial charge in [0, 0.05) is 31.4 Å². The molecule has 0 spiro atoms. The molecule has 0 radical (unpaired) electrons. The molecular weight excluding hydrogens is 234 g/mol. The number of carbonyl (C=O) groups is 1. The van der Waals surface area contributed by atoms with Crippen molar-refractivity contribution in [1.29, 1.82) is 0 Å². The number of imidazole rings is 1. The zero-order valence-corrected chi connectivity index (χ0v) is 9.83. The van der Waals surface area contributed by atoms with Gasteiger partial charge < -0.3 is 16.0 Å². The van der Waals surface area contributed by atoms with E-state index in [4.69, 9.17) is 5.73 Å². The SMILES string of the molecule is NCCn1cc(C(=O)NCCc2cnc[nH]2)nn1. The Morgan fingerprint density at radius 1 is 1.56 bits per heavy atom. The second-order valence-electron chi connectivity index (χ2n) is 3.74. The summed E-state index contributed by atoms with van der Waals surface area (Å²) in [5, 5.41) is 10.3. The summed E-state index contributed by atoms with van der Waals surface area (Å²) >= 11 is 0. The first-order chi connectivity index (χ1) is 8.79. The Labute approximate surface area is 104 Å². The maximum Gasteiger partial charge on any atom is 0.273 e. The first-order valence-electron chi connectivity index (χ1n) is 5.65. The molecule has 0 atom stereocenters. The average Bonchev–Trinajstić information content (AvgIpc) is 3.00. The van der Waals surface area contributed by atoms with Gasteiger partial charge in [-0.05, 0) is 0 Å². The highest BCUT2D eigenvalue weighted by Crippen LogP contribution is 1.94. The van der Waals surface area contributed by atoms with Crippen LogP contribution in [0.1, 0.15) is 16.2 Å². The molecule has 0 saturated heterocycles. The zero-order chi connectivity index (χ0) is 12.8. The van der Waals surface area contributed by atoms with Crippen molar-refractivity contribution < 1.29 is 4.79 Å². The maximum absolute atomic E-state index is 11.7. The van der Waals surface area contributed by atoms with Gasteiger partial charge in [0.25, 0.3) is 5.91 Å². The van der Waals surface area contributed by atoms with Gasteiger partial charge in [0.2, 0.25) is 0 Å². The molecule has 0 unspecified atom stereocenters. The van der Waals surface area contributed by atoms with Crippen molar-refractivity contribution in [2.24, 2.45) is 5.73 Å². The van der Waals surface area contributed by atoms with E-state index in [1.165, 1.54) is 0 Å². The van der Waals surface area contributed by atoms with E-state index in [9.17, 15) is 4.79 Å². The summed E-state index contributed by atoms with van der Waals surface area (Å²) in [5.41, 5.74) is 6.66. The first kappa shape index (κ1) is 12.2. The smallest absolute Gasteiger partial charge is 0.273 e. The van der Waals surface area contributed by atoms with Crippen molar-refractivity contribution >= 4 is 5.91 Å². The second-order valence-corrected chi connectivity index (χ2v) is 3.74. The van der Waals surface area contributed by atoms with Crippen LogP contribution < -0.4 is 11.1 Å². The van der Waals surface area contributed by atoms with Crippen LogP contribution in [0, 0.1) is 0 Å². The van der Waals surface area contributed by atoms with Crippen molar-refractivity contribution in [3.05, 3.63) is 30.1 Å². The molecule has 0 aliphatic rings. The van der Waals surface area contributed by atoms with Crippen LogP contribution in [-0.4, -0.2) is 44.0 Å². The Bertz CT molecular complexity index is 490. The Hall–Kier alpha value is -2.22. The third kappa shape index (κ3) is 3.14. The van der Waals surface area contributed by atoms with Crippen LogP contribution >= 0.6 is 0 Å². The number of aromatic amines is 1. The van der Waals surface area contributed by atoms with Gasteiger partial charge in [-0.2, -0.15) is 0 Å². The van der Waals surface area contributed by atoms with Gasteiger partial charge in [-0.3, -0.25) is 9.48 Å². The molecule has 2 rings (SSSR count). The summed E-state index contributed by atoms with van der Waals surface area (Å²) < 4.78 is 1.55. The number of aromatic nitrogens is 5. The van der Waals surface area contributed by atoms with Gasteiger partial charge in [-0.25, -0.2) is 4.98 Å². The minimum atomic E-state index is -0.238. The lowest BCUT2D eigenvalue weighted by Crippen LogP contribution is -2.26. The summed E-state index contributed by atoms with van der Waals surface area (Å²) in [6, 6.07) is 0. The molecule has 0 aromatic carbocycles. The molecule has 0 aliphatic carbocycles. The predicted octanol–water partition coefficient (Wildman–Crippen LogP) is -1.07. The fourth-order valence-corrected chi connectivity index (χ4v) is 1.47. The Morgan fingerprint density at radius 3 is 3.17 bits per heavy atom. The minimum Gasteiger partial charge on any atom is -0.350 e. The van der Waals surface area contributed by atoms with E-state index in [-0.39, 0.29) is 5.91 Å². The number of nitrogens with one attached hydrogen (secondary N) is 2. The fourth-order valence-electron chi connectivity index (χ4n) is 1.47. The molecule has 0 bridgehead atoms. The van der Waals surface area contributed by atoms with Gasteiger partial charge in [0.05, 0.1) is 19.1 Å². The van der Waals surface area contributed by atoms with Crippen molar-refractivity contribution in [2.45, 2.75) is 13.0 Å². The Balaban J connectivity index is 1.80. The van der Waals surface area contributed by atoms with Crippen molar-refractivity contribution in [3.8, 4) is 0 Å². The molecule has 0 fully saturated rings. The molecule has 1 amide bonds. The van der Waals surface area contributed by atoms with E-state index >= 15 is 0 Å². The first-order valence-corrected chi connectivity index (χ1v) is 5.65. The molecule has 2 heterocycles. The summed E-state index contributed by atoms with van der Waals surface area (Å²) in [6.45, 7) is 1.53. The number of hydrogen-bond donors (Lipinski definition) is 3. The third-order valence-corrected chi connectivity index (χ3v) is 2.36. The molecule has 8 nitrogen and oxygen atoms in total. The number of nitrogens with zero attached hydrogens (tertiary/aromatic N) is 4. The molecule has 4 N–H and O–H groups in total. The van der Waals surface area contributed by atoms with Crippen LogP contribution in [0.4, 0.5) is 0 Å². The normalized spacial score (nSPS) is 10.5. The van der Waals surface area contributed by atoms with Gasteiger partial charge in [0.15, 0.2) is 5.69 Å². The van der Waals surface area contributed by atoms with E-state index < -0.39 is 0 Å². The fraction of sp³-hybridized carbons (Fsp3) is 0.400. The molecule has 18 heavy (non-hydrogen) atoms. The standard InChI is InChI=1S/C10H15N7O/c11-2-4-17-6-9(15-16-17)10(18)13-3-1-8-5-12-7-14-8/h5-7H,1-4,11H2,(H,12,14)(H,13,18). The van der Waals surface area contributed by atoms with Gasteiger partial charge in [-0.1, -0.05) is 5.21 Å². The minimum absolute atomic E-state index is 0.238. The molecule has 8 heteroatoms. The molecule has 96 valence electrons. The molecule has 2 aromatic rings. The highest BCUT2D eigenvalue weighted by atomic mass is 16.2. The highest BCUT2D eigenvalue weighted by Gasteiger charge is 2.09. The summed E-state index contributed by atoms with van der Waals surface area (Å²) in [5.74, 6) is -0.238. The average molecular weight is 249 g/mol. The van der Waals surface area contributed by atoms with Crippen LogP contribution in [0.5, 0.6) is 0 Å². The van der Waals surface area contributed by atoms with Crippen molar-refractivity contribution in [3.63, 3.8) is 0 Å². The lowest BCUT2D eigenvalue weighted by atomic mass is 10.3. The number of H-pyrrole nitrogens is 1. The van der Waals surface area contributed by atoms with Crippen LogP contribution in [-0.2, 0) is 13.0 Å². The number of amides is 1. The van der Waals surface area contributed by atoms with Gasteiger partial charge in [-0.15, -0.1) is 5.10 Å². The van der Waals surface area contributed by atoms with Crippen LogP contribution in [0.3, 0.4) is 0 Å². The third-order valence-electron chi connectivity index (χ3n) is 2.36. The van der Waals surface area contributed by atoms with Crippen LogP contribution in [0.15, 0.2) is 18.7 Å². The summed E-state index contributed by atoms with van der Waals surface area (Å²) in [7, 11) is 0. The molecule has 0 aliphatic heterocycles. The Kier molecular flexibility index (Phi) is 4.02. The maximum atomic E-state index is 11.7. The molecule has 2 aromatic heterocycles. The van der Waals surface area contributed by atoms with Gasteiger partial charge >= 0.3 is 0 Å². The van der Waals surface area contributed by atoms with Crippen molar-refractivity contribution in [2.75, 3.05) is 13.1 Å². The predicted molar refractivity (Wildman–Crippen MR) is 63.7 cm³/mol.